The smallest absolute Gasteiger partial charge is 0.275 e. The summed E-state index contributed by atoms with van der Waals surface area (Å²) >= 11 is 0. The van der Waals surface area contributed by atoms with Gasteiger partial charge in [-0.15, -0.1) is 10.2 Å². The molecule has 0 aliphatic heterocycles. The summed E-state index contributed by atoms with van der Waals surface area (Å²) in [6.45, 7) is 7.60. The minimum Gasteiger partial charge on any atom is -0.510 e. The molecule has 1 aromatic rings. The van der Waals surface area contributed by atoms with Gasteiger partial charge in [-0.05, 0) is 38.3 Å². The molecule has 0 aliphatic rings. The number of ketones is 1. The van der Waals surface area contributed by atoms with Gasteiger partial charge >= 0.3 is 0 Å². The van der Waals surface area contributed by atoms with Gasteiger partial charge in [0, 0.05) is 12.1 Å². The second-order valence-corrected chi connectivity index (χ2v) is 6.33. The van der Waals surface area contributed by atoms with E-state index in [1.807, 2.05) is 0 Å². The van der Waals surface area contributed by atoms with Gasteiger partial charge in [-0.1, -0.05) is 45.2 Å². The summed E-state index contributed by atoms with van der Waals surface area (Å²) in [7, 11) is 0. The SMILES string of the molecule is CCCCC(CC)CNC(=O)C(N=Nc1ccccc1C(C)=O)=C(C)O. The van der Waals surface area contributed by atoms with Gasteiger partial charge in [0.2, 0.25) is 0 Å². The predicted octanol–water partition coefficient (Wildman–Crippen LogP) is 5.10. The monoisotopic (exact) mass is 359 g/mol. The largest absolute Gasteiger partial charge is 0.510 e. The molecule has 0 bridgehead atoms. The molecule has 1 rings (SSSR count). The highest BCUT2D eigenvalue weighted by molar-refractivity contribution is 5.98. The lowest BCUT2D eigenvalue weighted by Crippen LogP contribution is -2.30. The molecule has 142 valence electrons. The Kier molecular flexibility index (Phi) is 9.26. The van der Waals surface area contributed by atoms with Crippen molar-refractivity contribution >= 4 is 17.4 Å². The second kappa shape index (κ2) is 11.2. The number of aliphatic hydroxyl groups excluding tert-OH is 1. The number of benzene rings is 1. The summed E-state index contributed by atoms with van der Waals surface area (Å²) in [6.07, 6.45) is 4.27. The molecule has 0 spiro atoms. The van der Waals surface area contributed by atoms with Crippen LogP contribution in [0.1, 0.15) is 63.7 Å². The van der Waals surface area contributed by atoms with E-state index < -0.39 is 5.91 Å². The molecule has 1 atom stereocenters. The molecular weight excluding hydrogens is 330 g/mol. The molecule has 0 aromatic heterocycles. The first kappa shape index (κ1) is 21.5. The van der Waals surface area contributed by atoms with Crippen LogP contribution in [0.3, 0.4) is 0 Å². The first-order valence-electron chi connectivity index (χ1n) is 9.10. The van der Waals surface area contributed by atoms with Crippen LogP contribution in [0, 0.1) is 5.92 Å². The van der Waals surface area contributed by atoms with Crippen LogP contribution in [0.15, 0.2) is 46.0 Å². The van der Waals surface area contributed by atoms with E-state index in [4.69, 9.17) is 0 Å². The van der Waals surface area contributed by atoms with E-state index in [9.17, 15) is 14.7 Å². The van der Waals surface area contributed by atoms with E-state index in [2.05, 4.69) is 29.4 Å². The molecule has 0 aliphatic carbocycles. The third kappa shape index (κ3) is 6.78. The zero-order valence-corrected chi connectivity index (χ0v) is 16.1. The Morgan fingerprint density at radius 2 is 1.88 bits per heavy atom. The third-order valence-electron chi connectivity index (χ3n) is 4.19. The Morgan fingerprint density at radius 3 is 2.46 bits per heavy atom. The molecule has 1 aromatic carbocycles. The van der Waals surface area contributed by atoms with E-state index >= 15 is 0 Å². The normalized spacial score (nSPS) is 13.4. The quantitative estimate of drug-likeness (QED) is 0.264. The van der Waals surface area contributed by atoms with Gasteiger partial charge in [0.1, 0.15) is 5.76 Å². The van der Waals surface area contributed by atoms with Gasteiger partial charge in [0.05, 0.1) is 5.69 Å². The van der Waals surface area contributed by atoms with Gasteiger partial charge in [0.15, 0.2) is 11.5 Å². The minimum atomic E-state index is -0.469. The van der Waals surface area contributed by atoms with Crippen molar-refractivity contribution in [3.05, 3.63) is 41.3 Å². The maximum atomic E-state index is 12.4. The van der Waals surface area contributed by atoms with Crippen LogP contribution in [0.2, 0.25) is 0 Å². The zero-order chi connectivity index (χ0) is 19.5. The van der Waals surface area contributed by atoms with Crippen molar-refractivity contribution in [2.75, 3.05) is 6.54 Å². The molecule has 0 fully saturated rings. The molecule has 2 N–H and O–H groups in total. The number of nitrogens with zero attached hydrogens (tertiary/aromatic N) is 2. The Hall–Kier alpha value is -2.50. The van der Waals surface area contributed by atoms with E-state index in [0.29, 0.717) is 23.7 Å². The zero-order valence-electron chi connectivity index (χ0n) is 16.1. The second-order valence-electron chi connectivity index (χ2n) is 6.33. The number of nitrogens with one attached hydrogen (secondary N) is 1. The van der Waals surface area contributed by atoms with Gasteiger partial charge in [-0.3, -0.25) is 9.59 Å². The highest BCUT2D eigenvalue weighted by Crippen LogP contribution is 2.21. The van der Waals surface area contributed by atoms with Crippen LogP contribution in [-0.4, -0.2) is 23.3 Å². The van der Waals surface area contributed by atoms with Crippen LogP contribution in [0.25, 0.3) is 0 Å². The molecular formula is C20H29N3O3. The standard InChI is InChI=1S/C20H29N3O3/c1-5-7-10-16(6-2)13-21-20(26)19(15(4)25)23-22-18-12-9-8-11-17(18)14(3)24/h8-9,11-12,16,25H,5-7,10,13H2,1-4H3,(H,21,26). The average molecular weight is 359 g/mol. The van der Waals surface area contributed by atoms with Crippen molar-refractivity contribution in [1.29, 1.82) is 0 Å². The van der Waals surface area contributed by atoms with Crippen LogP contribution in [-0.2, 0) is 4.79 Å². The fraction of sp³-hybridized carbons (Fsp3) is 0.500. The summed E-state index contributed by atoms with van der Waals surface area (Å²) in [5.74, 6) is -0.427. The molecule has 6 nitrogen and oxygen atoms in total. The number of azo groups is 1. The van der Waals surface area contributed by atoms with Crippen molar-refractivity contribution in [1.82, 2.24) is 5.32 Å². The number of hydrogen-bond donors (Lipinski definition) is 2. The number of carbonyl (C=O) groups excluding carboxylic acids is 2. The Morgan fingerprint density at radius 1 is 1.19 bits per heavy atom. The lowest BCUT2D eigenvalue weighted by molar-refractivity contribution is -0.118. The number of hydrogen-bond acceptors (Lipinski definition) is 5. The van der Waals surface area contributed by atoms with E-state index in [1.165, 1.54) is 13.8 Å². The first-order valence-corrected chi connectivity index (χ1v) is 9.10. The van der Waals surface area contributed by atoms with E-state index in [1.54, 1.807) is 24.3 Å². The average Bonchev–Trinajstić information content (AvgIpc) is 2.62. The van der Waals surface area contributed by atoms with Crippen LogP contribution in [0.4, 0.5) is 5.69 Å². The Bertz CT molecular complexity index is 677. The molecule has 26 heavy (non-hydrogen) atoms. The van der Waals surface area contributed by atoms with Gasteiger partial charge < -0.3 is 10.4 Å². The third-order valence-corrected chi connectivity index (χ3v) is 4.19. The van der Waals surface area contributed by atoms with Crippen LogP contribution >= 0.6 is 0 Å². The molecule has 1 unspecified atom stereocenters. The van der Waals surface area contributed by atoms with Crippen molar-refractivity contribution < 1.29 is 14.7 Å². The minimum absolute atomic E-state index is 0.142. The lowest BCUT2D eigenvalue weighted by atomic mass is 9.99. The summed E-state index contributed by atoms with van der Waals surface area (Å²) in [6, 6.07) is 6.75. The highest BCUT2D eigenvalue weighted by atomic mass is 16.3. The summed E-state index contributed by atoms with van der Waals surface area (Å²) in [5.41, 5.74) is 0.631. The molecule has 0 radical (unpaired) electrons. The van der Waals surface area contributed by atoms with E-state index in [-0.39, 0.29) is 17.2 Å². The molecule has 0 saturated heterocycles. The number of amides is 1. The van der Waals surface area contributed by atoms with Crippen molar-refractivity contribution in [2.24, 2.45) is 16.1 Å². The maximum Gasteiger partial charge on any atom is 0.275 e. The van der Waals surface area contributed by atoms with Gasteiger partial charge in [-0.25, -0.2) is 0 Å². The summed E-state index contributed by atoms with van der Waals surface area (Å²) < 4.78 is 0. The number of Topliss-reactive ketones (excluding diaryl/α,β-unsaturated/α-hetero) is 1. The Labute approximate surface area is 155 Å². The van der Waals surface area contributed by atoms with Crippen LogP contribution in [0.5, 0.6) is 0 Å². The number of carbonyl (C=O) groups is 2. The number of allylic oxidation sites excluding steroid dienone is 1. The fourth-order valence-corrected chi connectivity index (χ4v) is 2.51. The number of unbranched alkanes of at least 4 members (excludes halogenated alkanes) is 1. The molecule has 1 amide bonds. The fourth-order valence-electron chi connectivity index (χ4n) is 2.51. The molecule has 6 heteroatoms. The predicted molar refractivity (Wildman–Crippen MR) is 103 cm³/mol. The van der Waals surface area contributed by atoms with Gasteiger partial charge in [-0.2, -0.15) is 0 Å². The summed E-state index contributed by atoms with van der Waals surface area (Å²) in [5, 5.41) is 20.5. The van der Waals surface area contributed by atoms with Crippen molar-refractivity contribution in [3.8, 4) is 0 Å². The number of aliphatic hydroxyl groups is 1. The topological polar surface area (TPSA) is 91.1 Å². The van der Waals surface area contributed by atoms with Crippen LogP contribution < -0.4 is 5.32 Å². The molecule has 0 heterocycles. The number of rotatable bonds is 10. The first-order chi connectivity index (χ1) is 12.4. The van der Waals surface area contributed by atoms with Gasteiger partial charge in [0.25, 0.3) is 5.91 Å². The summed E-state index contributed by atoms with van der Waals surface area (Å²) in [4.78, 5) is 24.0. The maximum absolute atomic E-state index is 12.4. The highest BCUT2D eigenvalue weighted by Gasteiger charge is 2.15. The van der Waals surface area contributed by atoms with E-state index in [0.717, 1.165) is 25.7 Å². The van der Waals surface area contributed by atoms with Crippen molar-refractivity contribution in [2.45, 2.75) is 53.4 Å². The molecule has 0 saturated carbocycles. The lowest BCUT2D eigenvalue weighted by Gasteiger charge is -2.15. The Balaban J connectivity index is 2.86. The van der Waals surface area contributed by atoms with Crippen molar-refractivity contribution in [3.63, 3.8) is 0 Å².